The zero-order valence-electron chi connectivity index (χ0n) is 12.2. The number of carbonyl (C=O) groups is 1. The van der Waals surface area contributed by atoms with Crippen molar-refractivity contribution in [2.24, 2.45) is 23.2 Å². The molecule has 3 atom stereocenters. The van der Waals surface area contributed by atoms with Crippen molar-refractivity contribution in [1.82, 2.24) is 5.32 Å². The standard InChI is InChI=1S/C17H22ClNO/c1-17(2)13-6-3-12(15(17)9-13)10-19-16(20)11-4-7-14(18)8-5-11/h4-5,7-8,12-13,15H,3,6,9-10H2,1-2H3,(H,19,20)/t12-,13-,15-/m0/s1. The molecule has 0 spiro atoms. The Morgan fingerprint density at radius 1 is 1.30 bits per heavy atom. The highest BCUT2D eigenvalue weighted by molar-refractivity contribution is 6.30. The van der Waals surface area contributed by atoms with Gasteiger partial charge >= 0.3 is 0 Å². The lowest BCUT2D eigenvalue weighted by Crippen LogP contribution is -2.54. The van der Waals surface area contributed by atoms with Crippen LogP contribution in [0.25, 0.3) is 0 Å². The second-order valence-corrected chi connectivity index (χ2v) is 7.35. The second-order valence-electron chi connectivity index (χ2n) is 6.91. The Bertz CT molecular complexity index is 506. The minimum atomic E-state index is 0.0147. The second kappa shape index (κ2) is 5.07. The smallest absolute Gasteiger partial charge is 0.251 e. The molecule has 3 aliphatic carbocycles. The molecule has 20 heavy (non-hydrogen) atoms. The van der Waals surface area contributed by atoms with Crippen molar-refractivity contribution in [2.75, 3.05) is 6.54 Å². The van der Waals surface area contributed by atoms with Crippen molar-refractivity contribution >= 4 is 17.5 Å². The van der Waals surface area contributed by atoms with Crippen LogP contribution in [0.5, 0.6) is 0 Å². The third-order valence-electron chi connectivity index (χ3n) is 5.63. The molecule has 3 fully saturated rings. The van der Waals surface area contributed by atoms with Crippen molar-refractivity contribution < 1.29 is 4.79 Å². The summed E-state index contributed by atoms with van der Waals surface area (Å²) < 4.78 is 0. The maximum Gasteiger partial charge on any atom is 0.251 e. The number of hydrogen-bond acceptors (Lipinski definition) is 1. The minimum absolute atomic E-state index is 0.0147. The first-order valence-electron chi connectivity index (χ1n) is 7.52. The van der Waals surface area contributed by atoms with E-state index in [1.807, 2.05) is 0 Å². The largest absolute Gasteiger partial charge is 0.352 e. The summed E-state index contributed by atoms with van der Waals surface area (Å²) in [6.45, 7) is 5.58. The van der Waals surface area contributed by atoms with Gasteiger partial charge in [-0.3, -0.25) is 4.79 Å². The Kier molecular flexibility index (Phi) is 3.53. The summed E-state index contributed by atoms with van der Waals surface area (Å²) in [5, 5.41) is 3.76. The molecule has 1 amide bonds. The average Bonchev–Trinajstić information content (AvgIpc) is 2.45. The molecule has 108 valence electrons. The molecule has 0 aliphatic heterocycles. The maximum absolute atomic E-state index is 12.1. The summed E-state index contributed by atoms with van der Waals surface area (Å²) >= 11 is 5.84. The van der Waals surface area contributed by atoms with E-state index in [4.69, 9.17) is 11.6 Å². The summed E-state index contributed by atoms with van der Waals surface area (Å²) in [4.78, 5) is 12.1. The predicted octanol–water partition coefficient (Wildman–Crippen LogP) is 4.14. The molecule has 0 unspecified atom stereocenters. The highest BCUT2D eigenvalue weighted by atomic mass is 35.5. The van der Waals surface area contributed by atoms with Crippen LogP contribution in [-0.4, -0.2) is 12.5 Å². The van der Waals surface area contributed by atoms with E-state index in [9.17, 15) is 4.79 Å². The van der Waals surface area contributed by atoms with Crippen LogP contribution < -0.4 is 5.32 Å². The lowest BCUT2D eigenvalue weighted by Gasteiger charge is -2.60. The molecule has 1 aromatic carbocycles. The molecule has 0 aromatic heterocycles. The van der Waals surface area contributed by atoms with Crippen molar-refractivity contribution in [3.63, 3.8) is 0 Å². The zero-order chi connectivity index (χ0) is 14.3. The van der Waals surface area contributed by atoms with E-state index >= 15 is 0 Å². The monoisotopic (exact) mass is 291 g/mol. The maximum atomic E-state index is 12.1. The molecule has 1 aromatic rings. The van der Waals surface area contributed by atoms with Crippen LogP contribution in [0.2, 0.25) is 5.02 Å². The Labute approximate surface area is 125 Å². The van der Waals surface area contributed by atoms with Gasteiger partial charge in [-0.05, 0) is 66.7 Å². The van der Waals surface area contributed by atoms with Gasteiger partial charge in [0.15, 0.2) is 0 Å². The fourth-order valence-corrected chi connectivity index (χ4v) is 4.26. The van der Waals surface area contributed by atoms with E-state index in [1.54, 1.807) is 24.3 Å². The van der Waals surface area contributed by atoms with Crippen LogP contribution in [0.4, 0.5) is 0 Å². The van der Waals surface area contributed by atoms with Crippen LogP contribution in [0, 0.1) is 23.2 Å². The molecule has 3 aliphatic rings. The topological polar surface area (TPSA) is 29.1 Å². The summed E-state index contributed by atoms with van der Waals surface area (Å²) in [6, 6.07) is 7.08. The Balaban J connectivity index is 1.57. The van der Waals surface area contributed by atoms with Crippen LogP contribution in [0.3, 0.4) is 0 Å². The van der Waals surface area contributed by atoms with Gasteiger partial charge in [-0.15, -0.1) is 0 Å². The third kappa shape index (κ3) is 2.35. The average molecular weight is 292 g/mol. The number of rotatable bonds is 3. The van der Waals surface area contributed by atoms with Crippen molar-refractivity contribution in [2.45, 2.75) is 33.1 Å². The van der Waals surface area contributed by atoms with Crippen molar-refractivity contribution in [3.8, 4) is 0 Å². The molecule has 2 bridgehead atoms. The summed E-state index contributed by atoms with van der Waals surface area (Å²) in [6.07, 6.45) is 3.94. The fourth-order valence-electron chi connectivity index (χ4n) is 4.13. The SMILES string of the molecule is CC1(C)[C@H]2CC[C@@H](CNC(=O)c3ccc(Cl)cc3)[C@@H]1C2. The first-order chi connectivity index (χ1) is 9.48. The summed E-state index contributed by atoms with van der Waals surface area (Å²) in [5.74, 6) is 2.36. The number of halogens is 1. The quantitative estimate of drug-likeness (QED) is 0.891. The number of amides is 1. The van der Waals surface area contributed by atoms with Crippen LogP contribution in [-0.2, 0) is 0 Å². The van der Waals surface area contributed by atoms with Gasteiger partial charge in [-0.1, -0.05) is 25.4 Å². The van der Waals surface area contributed by atoms with Crippen molar-refractivity contribution in [3.05, 3.63) is 34.9 Å². The Morgan fingerprint density at radius 2 is 2.00 bits per heavy atom. The molecule has 0 radical (unpaired) electrons. The Morgan fingerprint density at radius 3 is 2.60 bits per heavy atom. The van der Waals surface area contributed by atoms with Gasteiger partial charge in [0, 0.05) is 17.1 Å². The molecular formula is C17H22ClNO. The lowest BCUT2D eigenvalue weighted by molar-refractivity contribution is -0.103. The van der Waals surface area contributed by atoms with Gasteiger partial charge in [0.25, 0.3) is 5.91 Å². The first-order valence-corrected chi connectivity index (χ1v) is 7.90. The Hall–Kier alpha value is -1.02. The summed E-state index contributed by atoms with van der Waals surface area (Å²) in [7, 11) is 0. The lowest BCUT2D eigenvalue weighted by atomic mass is 9.45. The van der Waals surface area contributed by atoms with Crippen LogP contribution >= 0.6 is 11.6 Å². The number of fused-ring (bicyclic) bond motifs is 2. The number of benzene rings is 1. The van der Waals surface area contributed by atoms with Crippen LogP contribution in [0.15, 0.2) is 24.3 Å². The van der Waals surface area contributed by atoms with Crippen LogP contribution in [0.1, 0.15) is 43.5 Å². The predicted molar refractivity (Wildman–Crippen MR) is 81.9 cm³/mol. The first kappa shape index (κ1) is 13.9. The normalized spacial score (nSPS) is 30.4. The van der Waals surface area contributed by atoms with Gasteiger partial charge in [-0.25, -0.2) is 0 Å². The molecule has 2 nitrogen and oxygen atoms in total. The molecule has 4 rings (SSSR count). The highest BCUT2D eigenvalue weighted by Gasteiger charge is 2.53. The van der Waals surface area contributed by atoms with Gasteiger partial charge in [0.2, 0.25) is 0 Å². The fraction of sp³-hybridized carbons (Fsp3) is 0.588. The van der Waals surface area contributed by atoms with Gasteiger partial charge in [-0.2, -0.15) is 0 Å². The van der Waals surface area contributed by atoms with E-state index < -0.39 is 0 Å². The van der Waals surface area contributed by atoms with E-state index in [2.05, 4.69) is 19.2 Å². The van der Waals surface area contributed by atoms with Gasteiger partial charge in [0.05, 0.1) is 0 Å². The number of hydrogen-bond donors (Lipinski definition) is 1. The third-order valence-corrected chi connectivity index (χ3v) is 5.88. The summed E-state index contributed by atoms with van der Waals surface area (Å²) in [5.41, 5.74) is 1.17. The molecule has 3 heteroatoms. The van der Waals surface area contributed by atoms with Gasteiger partial charge in [0.1, 0.15) is 0 Å². The minimum Gasteiger partial charge on any atom is -0.352 e. The number of carbonyl (C=O) groups excluding carboxylic acids is 1. The molecule has 1 N–H and O–H groups in total. The molecule has 0 saturated heterocycles. The van der Waals surface area contributed by atoms with E-state index in [0.29, 0.717) is 21.9 Å². The van der Waals surface area contributed by atoms with Crippen molar-refractivity contribution in [1.29, 1.82) is 0 Å². The molecule has 3 saturated carbocycles. The van der Waals surface area contributed by atoms with E-state index in [-0.39, 0.29) is 5.91 Å². The number of nitrogens with one attached hydrogen (secondary N) is 1. The van der Waals surface area contributed by atoms with E-state index in [0.717, 1.165) is 18.4 Å². The zero-order valence-corrected chi connectivity index (χ0v) is 12.9. The van der Waals surface area contributed by atoms with Gasteiger partial charge < -0.3 is 5.32 Å². The highest BCUT2D eigenvalue weighted by Crippen LogP contribution is 2.61. The van der Waals surface area contributed by atoms with E-state index in [1.165, 1.54) is 19.3 Å². The molecule has 0 heterocycles. The molecular weight excluding hydrogens is 270 g/mol.